The summed E-state index contributed by atoms with van der Waals surface area (Å²) in [7, 11) is 0. The van der Waals surface area contributed by atoms with E-state index in [0.29, 0.717) is 5.56 Å². The van der Waals surface area contributed by atoms with Gasteiger partial charge in [0, 0.05) is 10.3 Å². The quantitative estimate of drug-likeness (QED) is 0.556. The van der Waals surface area contributed by atoms with E-state index in [1.165, 1.54) is 11.3 Å². The molecule has 7 heteroatoms. The molecule has 1 aromatic heterocycles. The van der Waals surface area contributed by atoms with Crippen LogP contribution >= 0.6 is 11.3 Å². The predicted molar refractivity (Wildman–Crippen MR) is 98.5 cm³/mol. The highest BCUT2D eigenvalue weighted by atomic mass is 32.1. The van der Waals surface area contributed by atoms with E-state index in [9.17, 15) is 19.5 Å². The van der Waals surface area contributed by atoms with Gasteiger partial charge >= 0.3 is 5.97 Å². The molecular formula is C19H24N2O4S. The number of hydrazine groups is 1. The van der Waals surface area contributed by atoms with Gasteiger partial charge in [-0.1, -0.05) is 18.1 Å². The molecule has 2 fully saturated rings. The molecule has 6 nitrogen and oxygen atoms in total. The second-order valence-electron chi connectivity index (χ2n) is 7.23. The van der Waals surface area contributed by atoms with Crippen molar-refractivity contribution in [2.45, 2.75) is 40.0 Å². The first-order valence-electron chi connectivity index (χ1n) is 8.92. The van der Waals surface area contributed by atoms with Crippen LogP contribution in [0.3, 0.4) is 0 Å². The van der Waals surface area contributed by atoms with Crippen LogP contribution in [0, 0.1) is 23.7 Å². The third-order valence-electron chi connectivity index (χ3n) is 5.57. The number of carbonyl (C=O) groups excluding carboxylic acids is 2. The molecule has 2 bridgehead atoms. The van der Waals surface area contributed by atoms with Crippen LogP contribution in [-0.2, 0) is 16.0 Å². The van der Waals surface area contributed by atoms with Gasteiger partial charge in [0.2, 0.25) is 5.91 Å². The van der Waals surface area contributed by atoms with E-state index >= 15 is 0 Å². The van der Waals surface area contributed by atoms with Gasteiger partial charge in [-0.05, 0) is 51.0 Å². The summed E-state index contributed by atoms with van der Waals surface area (Å²) in [6.07, 6.45) is 2.49. The zero-order chi connectivity index (χ0) is 19.0. The van der Waals surface area contributed by atoms with E-state index in [-0.39, 0.29) is 17.7 Å². The molecule has 4 atom stereocenters. The van der Waals surface area contributed by atoms with Gasteiger partial charge in [0.05, 0.1) is 17.4 Å². The molecule has 0 radical (unpaired) electrons. The summed E-state index contributed by atoms with van der Waals surface area (Å²) in [4.78, 5) is 37.8. The molecular weight excluding hydrogens is 352 g/mol. The summed E-state index contributed by atoms with van der Waals surface area (Å²) in [6.45, 7) is 5.96. The van der Waals surface area contributed by atoms with E-state index in [1.54, 1.807) is 11.4 Å². The number of hydrogen-bond donors (Lipinski definition) is 3. The molecule has 2 amide bonds. The van der Waals surface area contributed by atoms with Gasteiger partial charge in [0.1, 0.15) is 0 Å². The van der Waals surface area contributed by atoms with Crippen LogP contribution in [-0.4, -0.2) is 22.9 Å². The molecule has 0 aromatic carbocycles. The van der Waals surface area contributed by atoms with E-state index in [1.807, 2.05) is 20.8 Å². The molecule has 0 spiro atoms. The maximum absolute atomic E-state index is 12.7. The van der Waals surface area contributed by atoms with Crippen LogP contribution in [0.5, 0.6) is 0 Å². The Balaban J connectivity index is 1.71. The number of fused-ring (bicyclic) bond motifs is 2. The van der Waals surface area contributed by atoms with Crippen molar-refractivity contribution in [1.29, 1.82) is 0 Å². The summed E-state index contributed by atoms with van der Waals surface area (Å²) in [5.74, 6) is -3.20. The number of carbonyl (C=O) groups is 3. The molecule has 140 valence electrons. The molecule has 0 aliphatic heterocycles. The SMILES string of the molecule is CCc1cc(C(=O)NNC(=O)[C@H]2[C@@H](C(=O)O)[C@H]3CC[C@H]2C3=C(C)C)cs1. The normalized spacial score (nSPS) is 26.7. The lowest BCUT2D eigenvalue weighted by atomic mass is 9.79. The minimum absolute atomic E-state index is 0.0455. The molecule has 3 N–H and O–H groups in total. The van der Waals surface area contributed by atoms with Gasteiger partial charge in [0.15, 0.2) is 0 Å². The van der Waals surface area contributed by atoms with Gasteiger partial charge in [-0.25, -0.2) is 0 Å². The lowest BCUT2D eigenvalue weighted by Gasteiger charge is -2.26. The summed E-state index contributed by atoms with van der Waals surface area (Å²) < 4.78 is 0. The van der Waals surface area contributed by atoms with Crippen molar-refractivity contribution in [2.75, 3.05) is 0 Å². The van der Waals surface area contributed by atoms with Crippen molar-refractivity contribution < 1.29 is 19.5 Å². The number of hydrogen-bond acceptors (Lipinski definition) is 4. The van der Waals surface area contributed by atoms with Gasteiger partial charge < -0.3 is 5.11 Å². The Morgan fingerprint density at radius 1 is 1.15 bits per heavy atom. The second-order valence-corrected chi connectivity index (χ2v) is 8.23. The fourth-order valence-corrected chi connectivity index (χ4v) is 5.38. The van der Waals surface area contributed by atoms with Crippen molar-refractivity contribution in [3.8, 4) is 0 Å². The Labute approximate surface area is 156 Å². The average molecular weight is 376 g/mol. The molecule has 2 aliphatic carbocycles. The monoisotopic (exact) mass is 376 g/mol. The number of aliphatic carboxylic acids is 1. The third kappa shape index (κ3) is 3.16. The van der Waals surface area contributed by atoms with Gasteiger partial charge in [-0.15, -0.1) is 11.3 Å². The fourth-order valence-electron chi connectivity index (χ4n) is 4.56. The van der Waals surface area contributed by atoms with Gasteiger partial charge in [-0.3, -0.25) is 25.2 Å². The van der Waals surface area contributed by atoms with Crippen LogP contribution in [0.4, 0.5) is 0 Å². The van der Waals surface area contributed by atoms with Crippen molar-refractivity contribution >= 4 is 29.1 Å². The number of rotatable bonds is 4. The molecule has 0 unspecified atom stereocenters. The van der Waals surface area contributed by atoms with E-state index in [0.717, 1.165) is 35.3 Å². The molecule has 1 heterocycles. The van der Waals surface area contributed by atoms with E-state index < -0.39 is 23.7 Å². The van der Waals surface area contributed by atoms with Gasteiger partial charge in [0.25, 0.3) is 5.91 Å². The maximum Gasteiger partial charge on any atom is 0.307 e. The van der Waals surface area contributed by atoms with Crippen LogP contribution in [0.1, 0.15) is 48.8 Å². The van der Waals surface area contributed by atoms with Crippen molar-refractivity contribution in [3.63, 3.8) is 0 Å². The molecule has 3 rings (SSSR count). The van der Waals surface area contributed by atoms with Crippen LogP contribution in [0.2, 0.25) is 0 Å². The Hall–Kier alpha value is -2.15. The Morgan fingerprint density at radius 2 is 1.81 bits per heavy atom. The standard InChI is InChI=1S/C19H24N2O4S/c1-4-11-7-10(8-26-11)17(22)20-21-18(23)15-12-5-6-13(14(12)9(2)3)16(15)19(24)25/h7-8,12-13,15-16H,4-6H2,1-3H3,(H,20,22)(H,21,23)(H,24,25)/t12-,13-,15+,16-/m0/s1. The molecule has 26 heavy (non-hydrogen) atoms. The largest absolute Gasteiger partial charge is 0.481 e. The minimum atomic E-state index is -0.937. The highest BCUT2D eigenvalue weighted by Gasteiger charge is 2.57. The highest BCUT2D eigenvalue weighted by Crippen LogP contribution is 2.57. The van der Waals surface area contributed by atoms with Crippen LogP contribution in [0.15, 0.2) is 22.6 Å². The second kappa shape index (κ2) is 7.23. The minimum Gasteiger partial charge on any atom is -0.481 e. The number of nitrogens with one attached hydrogen (secondary N) is 2. The predicted octanol–water partition coefficient (Wildman–Crippen LogP) is 2.76. The van der Waals surface area contributed by atoms with E-state index in [4.69, 9.17) is 0 Å². The number of aryl methyl sites for hydroxylation is 1. The smallest absolute Gasteiger partial charge is 0.307 e. The van der Waals surface area contributed by atoms with Crippen molar-refractivity contribution in [3.05, 3.63) is 33.0 Å². The van der Waals surface area contributed by atoms with Crippen LogP contribution < -0.4 is 10.9 Å². The summed E-state index contributed by atoms with van der Waals surface area (Å²) >= 11 is 1.50. The molecule has 2 saturated carbocycles. The number of carboxylic acid groups (broad SMARTS) is 1. The summed E-state index contributed by atoms with van der Waals surface area (Å²) in [5.41, 5.74) is 7.62. The first-order valence-corrected chi connectivity index (χ1v) is 9.80. The molecule has 1 aromatic rings. The molecule has 0 saturated heterocycles. The number of carboxylic acids is 1. The fraction of sp³-hybridized carbons (Fsp3) is 0.526. The number of amides is 2. The van der Waals surface area contributed by atoms with E-state index in [2.05, 4.69) is 10.9 Å². The van der Waals surface area contributed by atoms with Gasteiger partial charge in [-0.2, -0.15) is 0 Å². The van der Waals surface area contributed by atoms with Crippen molar-refractivity contribution in [1.82, 2.24) is 10.9 Å². The zero-order valence-electron chi connectivity index (χ0n) is 15.2. The Bertz CT molecular complexity index is 778. The lowest BCUT2D eigenvalue weighted by molar-refractivity contribution is -0.149. The number of thiophene rings is 1. The third-order valence-corrected chi connectivity index (χ3v) is 6.65. The number of allylic oxidation sites excluding steroid dienone is 2. The average Bonchev–Trinajstić information content (AvgIpc) is 3.30. The topological polar surface area (TPSA) is 95.5 Å². The molecule has 2 aliphatic rings. The maximum atomic E-state index is 12.7. The Morgan fingerprint density at radius 3 is 2.35 bits per heavy atom. The summed E-state index contributed by atoms with van der Waals surface area (Å²) in [5, 5.41) is 11.4. The Kier molecular flexibility index (Phi) is 5.18. The first-order chi connectivity index (χ1) is 12.3. The summed E-state index contributed by atoms with van der Waals surface area (Å²) in [6, 6.07) is 1.80. The lowest BCUT2D eigenvalue weighted by Crippen LogP contribution is -2.48. The van der Waals surface area contributed by atoms with Crippen LogP contribution in [0.25, 0.3) is 0 Å². The zero-order valence-corrected chi connectivity index (χ0v) is 16.0. The highest BCUT2D eigenvalue weighted by molar-refractivity contribution is 7.10. The van der Waals surface area contributed by atoms with Crippen molar-refractivity contribution in [2.24, 2.45) is 23.7 Å². The first kappa shape index (κ1) is 18.6.